The van der Waals surface area contributed by atoms with Crippen molar-refractivity contribution in [3.63, 3.8) is 0 Å². The molecule has 1 fully saturated rings. The lowest BCUT2D eigenvalue weighted by Gasteiger charge is -2.08. The predicted molar refractivity (Wildman–Crippen MR) is 63.4 cm³/mol. The van der Waals surface area contributed by atoms with Crippen LogP contribution in [0.25, 0.3) is 0 Å². The van der Waals surface area contributed by atoms with Crippen LogP contribution in [0.5, 0.6) is 0 Å². The van der Waals surface area contributed by atoms with Crippen molar-refractivity contribution in [1.29, 1.82) is 0 Å². The van der Waals surface area contributed by atoms with Crippen LogP contribution in [0.3, 0.4) is 0 Å². The van der Waals surface area contributed by atoms with Gasteiger partial charge in [-0.2, -0.15) is 0 Å². The van der Waals surface area contributed by atoms with E-state index in [1.807, 2.05) is 6.07 Å². The minimum Gasteiger partial charge on any atom is -0.397 e. The fourth-order valence-electron chi connectivity index (χ4n) is 1.28. The zero-order valence-electron chi connectivity index (χ0n) is 8.91. The molecule has 1 saturated carbocycles. The molecule has 0 bridgehead atoms. The number of anilines is 2. The summed E-state index contributed by atoms with van der Waals surface area (Å²) in [6.45, 7) is 0. The molecule has 0 spiro atoms. The lowest BCUT2D eigenvalue weighted by molar-refractivity contribution is 0.0833. The van der Waals surface area contributed by atoms with E-state index in [9.17, 15) is 4.79 Å². The van der Waals surface area contributed by atoms with Gasteiger partial charge in [-0.3, -0.25) is 4.79 Å². The van der Waals surface area contributed by atoms with Gasteiger partial charge in [0.25, 0.3) is 5.91 Å². The first-order valence-electron chi connectivity index (χ1n) is 4.95. The first kappa shape index (κ1) is 10.3. The van der Waals surface area contributed by atoms with Gasteiger partial charge in [0.15, 0.2) is 0 Å². The quantitative estimate of drug-likeness (QED) is 0.821. The van der Waals surface area contributed by atoms with E-state index in [1.54, 1.807) is 19.0 Å². The van der Waals surface area contributed by atoms with E-state index in [0.29, 0.717) is 16.6 Å². The summed E-state index contributed by atoms with van der Waals surface area (Å²) in [5, 5.41) is 4.34. The van der Waals surface area contributed by atoms with Crippen molar-refractivity contribution in [3.8, 4) is 0 Å². The number of nitrogen functional groups attached to an aromatic ring is 1. The van der Waals surface area contributed by atoms with Crippen molar-refractivity contribution >= 4 is 27.9 Å². The molecule has 1 aromatic rings. The fraction of sp³-hybridized carbons (Fsp3) is 0.500. The van der Waals surface area contributed by atoms with Crippen LogP contribution in [0, 0.1) is 0 Å². The number of nitrogens with two attached hydrogens (primary N) is 1. The normalized spacial score (nSPS) is 15.1. The molecule has 1 heterocycles. The van der Waals surface area contributed by atoms with Crippen molar-refractivity contribution < 1.29 is 4.79 Å². The highest BCUT2D eigenvalue weighted by Crippen LogP contribution is 2.33. The third kappa shape index (κ3) is 2.23. The van der Waals surface area contributed by atoms with E-state index in [4.69, 9.17) is 5.73 Å². The van der Waals surface area contributed by atoms with Gasteiger partial charge >= 0.3 is 0 Å². The number of nitrogens with one attached hydrogen (secondary N) is 1. The highest BCUT2D eigenvalue weighted by atomic mass is 32.1. The Kier molecular flexibility index (Phi) is 2.56. The smallest absolute Gasteiger partial charge is 0.265 e. The van der Waals surface area contributed by atoms with E-state index in [2.05, 4.69) is 5.32 Å². The van der Waals surface area contributed by atoms with Crippen molar-refractivity contribution in [2.24, 2.45) is 0 Å². The van der Waals surface area contributed by atoms with E-state index in [-0.39, 0.29) is 5.91 Å². The third-order valence-corrected chi connectivity index (χ3v) is 3.36. The van der Waals surface area contributed by atoms with Crippen LogP contribution in [-0.4, -0.2) is 30.9 Å². The molecule has 82 valence electrons. The Morgan fingerprint density at radius 2 is 2.27 bits per heavy atom. The molecule has 1 amide bonds. The number of amides is 1. The van der Waals surface area contributed by atoms with E-state index in [1.165, 1.54) is 24.2 Å². The van der Waals surface area contributed by atoms with Crippen LogP contribution in [0.2, 0.25) is 0 Å². The Bertz CT molecular complexity index is 382. The van der Waals surface area contributed by atoms with E-state index < -0.39 is 0 Å². The third-order valence-electron chi connectivity index (χ3n) is 2.28. The molecule has 1 aromatic heterocycles. The second-order valence-electron chi connectivity index (χ2n) is 4.01. The molecule has 1 aliphatic carbocycles. The van der Waals surface area contributed by atoms with Gasteiger partial charge in [0.1, 0.15) is 4.88 Å². The summed E-state index contributed by atoms with van der Waals surface area (Å²) in [6, 6.07) is 2.44. The second kappa shape index (κ2) is 3.73. The number of rotatable bonds is 3. The van der Waals surface area contributed by atoms with Gasteiger partial charge in [0.2, 0.25) is 0 Å². The summed E-state index contributed by atoms with van der Waals surface area (Å²) >= 11 is 1.44. The molecule has 0 aliphatic heterocycles. The SMILES string of the molecule is CN(C)C(=O)c1sc(NC2CC2)cc1N. The monoisotopic (exact) mass is 225 g/mol. The topological polar surface area (TPSA) is 58.4 Å². The van der Waals surface area contributed by atoms with Gasteiger partial charge < -0.3 is 16.0 Å². The van der Waals surface area contributed by atoms with Crippen LogP contribution in [-0.2, 0) is 0 Å². The molecule has 2 rings (SSSR count). The lowest BCUT2D eigenvalue weighted by Crippen LogP contribution is -2.21. The summed E-state index contributed by atoms with van der Waals surface area (Å²) in [7, 11) is 3.46. The van der Waals surface area contributed by atoms with Crippen LogP contribution >= 0.6 is 11.3 Å². The minimum atomic E-state index is -0.0265. The van der Waals surface area contributed by atoms with Crippen molar-refractivity contribution in [3.05, 3.63) is 10.9 Å². The first-order valence-corrected chi connectivity index (χ1v) is 5.77. The molecule has 3 N–H and O–H groups in total. The molecule has 0 saturated heterocycles. The van der Waals surface area contributed by atoms with Crippen LogP contribution in [0.1, 0.15) is 22.5 Å². The number of carbonyl (C=O) groups is 1. The Balaban J connectivity index is 2.16. The molecule has 4 nitrogen and oxygen atoms in total. The molecular formula is C10H15N3OS. The van der Waals surface area contributed by atoms with Crippen molar-refractivity contribution in [1.82, 2.24) is 4.90 Å². The maximum atomic E-state index is 11.7. The van der Waals surface area contributed by atoms with Crippen LogP contribution in [0.15, 0.2) is 6.07 Å². The Hall–Kier alpha value is -1.23. The number of nitrogens with zero attached hydrogens (tertiary/aromatic N) is 1. The highest BCUT2D eigenvalue weighted by molar-refractivity contribution is 7.18. The maximum Gasteiger partial charge on any atom is 0.265 e. The summed E-state index contributed by atoms with van der Waals surface area (Å²) in [6.07, 6.45) is 2.43. The summed E-state index contributed by atoms with van der Waals surface area (Å²) < 4.78 is 0. The number of thiophene rings is 1. The fourth-order valence-corrected chi connectivity index (χ4v) is 2.35. The number of hydrogen-bond donors (Lipinski definition) is 2. The Labute approximate surface area is 93.1 Å². The maximum absolute atomic E-state index is 11.7. The summed E-state index contributed by atoms with van der Waals surface area (Å²) in [5.74, 6) is -0.0265. The van der Waals surface area contributed by atoms with Gasteiger partial charge in [-0.1, -0.05) is 0 Å². The van der Waals surface area contributed by atoms with Gasteiger partial charge in [-0.25, -0.2) is 0 Å². The van der Waals surface area contributed by atoms with Gasteiger partial charge in [0, 0.05) is 20.1 Å². The highest BCUT2D eigenvalue weighted by Gasteiger charge is 2.23. The van der Waals surface area contributed by atoms with Gasteiger partial charge in [0.05, 0.1) is 10.7 Å². The Morgan fingerprint density at radius 1 is 1.60 bits per heavy atom. The van der Waals surface area contributed by atoms with Crippen LogP contribution in [0.4, 0.5) is 10.7 Å². The number of carbonyl (C=O) groups excluding carboxylic acids is 1. The molecule has 5 heteroatoms. The summed E-state index contributed by atoms with van der Waals surface area (Å²) in [5.41, 5.74) is 6.37. The first-order chi connectivity index (χ1) is 7.08. The van der Waals surface area contributed by atoms with Crippen molar-refractivity contribution in [2.45, 2.75) is 18.9 Å². The van der Waals surface area contributed by atoms with E-state index in [0.717, 1.165) is 5.00 Å². The largest absolute Gasteiger partial charge is 0.397 e. The standard InChI is InChI=1S/C10H15N3OS/c1-13(2)10(14)9-7(11)5-8(15-9)12-6-3-4-6/h5-6,12H,3-4,11H2,1-2H3. The Morgan fingerprint density at radius 3 is 2.80 bits per heavy atom. The molecule has 0 aromatic carbocycles. The average Bonchev–Trinajstić information content (AvgIpc) is 2.89. The van der Waals surface area contributed by atoms with Crippen LogP contribution < -0.4 is 11.1 Å². The zero-order valence-corrected chi connectivity index (χ0v) is 9.73. The van der Waals surface area contributed by atoms with E-state index >= 15 is 0 Å². The predicted octanol–water partition coefficient (Wildman–Crippen LogP) is 1.61. The van der Waals surface area contributed by atoms with Crippen molar-refractivity contribution in [2.75, 3.05) is 25.1 Å². The minimum absolute atomic E-state index is 0.0265. The molecule has 1 aliphatic rings. The molecule has 15 heavy (non-hydrogen) atoms. The summed E-state index contributed by atoms with van der Waals surface area (Å²) in [4.78, 5) is 13.9. The zero-order chi connectivity index (χ0) is 11.0. The molecule has 0 unspecified atom stereocenters. The van der Waals surface area contributed by atoms with Gasteiger partial charge in [-0.15, -0.1) is 11.3 Å². The second-order valence-corrected chi connectivity index (χ2v) is 5.07. The molecular weight excluding hydrogens is 210 g/mol. The lowest BCUT2D eigenvalue weighted by atomic mass is 10.3. The average molecular weight is 225 g/mol. The molecule has 0 radical (unpaired) electrons. The molecule has 0 atom stereocenters. The number of hydrogen-bond acceptors (Lipinski definition) is 4. The van der Waals surface area contributed by atoms with Gasteiger partial charge in [-0.05, 0) is 18.9 Å².